The van der Waals surface area contributed by atoms with Crippen LogP contribution in [0.5, 0.6) is 5.75 Å². The molecule has 1 fully saturated rings. The van der Waals surface area contributed by atoms with Gasteiger partial charge in [0, 0.05) is 13.1 Å². The molecule has 2 rings (SSSR count). The third-order valence-electron chi connectivity index (χ3n) is 4.08. The number of ether oxygens (including phenoxy) is 1. The average Bonchev–Trinajstić information content (AvgIpc) is 2.80. The van der Waals surface area contributed by atoms with Gasteiger partial charge in [-0.1, -0.05) is 19.1 Å². The smallest absolute Gasteiger partial charge is 0.308 e. The molecule has 1 saturated heterocycles. The van der Waals surface area contributed by atoms with Crippen molar-refractivity contribution >= 4 is 5.97 Å². The summed E-state index contributed by atoms with van der Waals surface area (Å²) in [6.07, 6.45) is 2.05. The summed E-state index contributed by atoms with van der Waals surface area (Å²) in [7, 11) is 1.68. The number of carboxylic acids is 1. The molecule has 1 aliphatic heterocycles. The zero-order valence-electron chi connectivity index (χ0n) is 12.2. The molecule has 1 N–H and O–H groups in total. The number of carboxylic acid groups (broad SMARTS) is 1. The predicted molar refractivity (Wildman–Crippen MR) is 78.0 cm³/mol. The molecular weight excluding hydrogens is 254 g/mol. The SMILES string of the molecule is COc1cccc(CCCN2C[C@@H](C)[C@H](C(=O)O)C2)c1. The molecule has 1 aromatic rings. The maximum absolute atomic E-state index is 11.1. The predicted octanol–water partition coefficient (Wildman–Crippen LogP) is 2.28. The topological polar surface area (TPSA) is 49.8 Å². The minimum Gasteiger partial charge on any atom is -0.497 e. The lowest BCUT2D eigenvalue weighted by atomic mass is 9.99. The van der Waals surface area contributed by atoms with E-state index in [4.69, 9.17) is 9.84 Å². The van der Waals surface area contributed by atoms with Crippen molar-refractivity contribution in [3.63, 3.8) is 0 Å². The molecule has 1 aliphatic rings. The molecule has 2 atom stereocenters. The number of methoxy groups -OCH3 is 1. The Hall–Kier alpha value is -1.55. The molecule has 1 aromatic carbocycles. The van der Waals surface area contributed by atoms with Gasteiger partial charge in [-0.05, 0) is 43.0 Å². The van der Waals surface area contributed by atoms with E-state index in [1.165, 1.54) is 5.56 Å². The van der Waals surface area contributed by atoms with Gasteiger partial charge in [-0.25, -0.2) is 0 Å². The van der Waals surface area contributed by atoms with E-state index >= 15 is 0 Å². The second-order valence-corrected chi connectivity index (χ2v) is 5.64. The summed E-state index contributed by atoms with van der Waals surface area (Å²) in [5.41, 5.74) is 1.27. The summed E-state index contributed by atoms with van der Waals surface area (Å²) < 4.78 is 5.21. The van der Waals surface area contributed by atoms with Gasteiger partial charge < -0.3 is 14.7 Å². The highest BCUT2D eigenvalue weighted by Crippen LogP contribution is 2.23. The Bertz CT molecular complexity index is 461. The number of nitrogens with zero attached hydrogens (tertiary/aromatic N) is 1. The van der Waals surface area contributed by atoms with Crippen LogP contribution < -0.4 is 4.74 Å². The van der Waals surface area contributed by atoms with Crippen LogP contribution in [0.2, 0.25) is 0 Å². The van der Waals surface area contributed by atoms with Crippen molar-refractivity contribution in [2.75, 3.05) is 26.7 Å². The molecule has 0 aromatic heterocycles. The second kappa shape index (κ2) is 6.75. The molecule has 0 unspecified atom stereocenters. The zero-order valence-corrected chi connectivity index (χ0v) is 12.2. The van der Waals surface area contributed by atoms with Crippen LogP contribution in [-0.4, -0.2) is 42.7 Å². The Labute approximate surface area is 120 Å². The highest BCUT2D eigenvalue weighted by atomic mass is 16.5. The van der Waals surface area contributed by atoms with E-state index in [9.17, 15) is 4.79 Å². The maximum atomic E-state index is 11.1. The summed E-state index contributed by atoms with van der Waals surface area (Å²) in [6.45, 7) is 4.58. The Kier molecular flexibility index (Phi) is 5.01. The van der Waals surface area contributed by atoms with Gasteiger partial charge in [0.05, 0.1) is 13.0 Å². The van der Waals surface area contributed by atoms with Crippen LogP contribution in [-0.2, 0) is 11.2 Å². The largest absolute Gasteiger partial charge is 0.497 e. The number of likely N-dealkylation sites (tertiary alicyclic amines) is 1. The quantitative estimate of drug-likeness (QED) is 0.866. The summed E-state index contributed by atoms with van der Waals surface area (Å²) in [5, 5.41) is 9.12. The van der Waals surface area contributed by atoms with Gasteiger partial charge in [0.15, 0.2) is 0 Å². The average molecular weight is 277 g/mol. The molecule has 4 nitrogen and oxygen atoms in total. The highest BCUT2D eigenvalue weighted by Gasteiger charge is 2.34. The van der Waals surface area contributed by atoms with Crippen molar-refractivity contribution in [2.45, 2.75) is 19.8 Å². The number of aryl methyl sites for hydroxylation is 1. The van der Waals surface area contributed by atoms with Gasteiger partial charge in [0.1, 0.15) is 5.75 Å². The second-order valence-electron chi connectivity index (χ2n) is 5.64. The van der Waals surface area contributed by atoms with E-state index in [1.54, 1.807) is 7.11 Å². The molecule has 0 amide bonds. The van der Waals surface area contributed by atoms with Crippen molar-refractivity contribution in [1.82, 2.24) is 4.90 Å². The highest BCUT2D eigenvalue weighted by molar-refractivity contribution is 5.71. The van der Waals surface area contributed by atoms with Crippen molar-refractivity contribution in [2.24, 2.45) is 11.8 Å². The molecule has 20 heavy (non-hydrogen) atoms. The van der Waals surface area contributed by atoms with Crippen LogP contribution in [0.4, 0.5) is 0 Å². The molecule has 110 valence electrons. The third kappa shape index (κ3) is 3.73. The Morgan fingerprint density at radius 1 is 1.45 bits per heavy atom. The van der Waals surface area contributed by atoms with E-state index in [-0.39, 0.29) is 11.8 Å². The first-order valence-electron chi connectivity index (χ1n) is 7.18. The van der Waals surface area contributed by atoms with Gasteiger partial charge in [-0.2, -0.15) is 0 Å². The van der Waals surface area contributed by atoms with E-state index in [2.05, 4.69) is 17.0 Å². The van der Waals surface area contributed by atoms with Crippen LogP contribution in [0.15, 0.2) is 24.3 Å². The van der Waals surface area contributed by atoms with Crippen LogP contribution in [0.1, 0.15) is 18.9 Å². The summed E-state index contributed by atoms with van der Waals surface area (Å²) in [4.78, 5) is 13.4. The van der Waals surface area contributed by atoms with Gasteiger partial charge >= 0.3 is 5.97 Å². The first kappa shape index (κ1) is 14.9. The molecule has 0 aliphatic carbocycles. The van der Waals surface area contributed by atoms with Crippen LogP contribution in [0.3, 0.4) is 0 Å². The molecular formula is C16H23NO3. The first-order valence-corrected chi connectivity index (χ1v) is 7.18. The van der Waals surface area contributed by atoms with E-state index in [1.807, 2.05) is 19.1 Å². The lowest BCUT2D eigenvalue weighted by molar-refractivity contribution is -0.142. The molecule has 1 heterocycles. The van der Waals surface area contributed by atoms with E-state index < -0.39 is 5.97 Å². The lowest BCUT2D eigenvalue weighted by Gasteiger charge is -2.15. The fraction of sp³-hybridized carbons (Fsp3) is 0.562. The molecule has 0 saturated carbocycles. The molecule has 0 spiro atoms. The standard InChI is InChI=1S/C16H23NO3/c1-12-10-17(11-15(12)16(18)19)8-4-6-13-5-3-7-14(9-13)20-2/h3,5,7,9,12,15H,4,6,8,10-11H2,1-2H3,(H,18,19)/t12-,15-/m1/s1. The normalized spacial score (nSPS) is 22.9. The maximum Gasteiger partial charge on any atom is 0.308 e. The van der Waals surface area contributed by atoms with Crippen LogP contribution in [0, 0.1) is 11.8 Å². The van der Waals surface area contributed by atoms with Crippen molar-refractivity contribution in [3.05, 3.63) is 29.8 Å². The van der Waals surface area contributed by atoms with Gasteiger partial charge in [0.25, 0.3) is 0 Å². The summed E-state index contributed by atoms with van der Waals surface area (Å²) in [6, 6.07) is 8.12. The number of hydrogen-bond donors (Lipinski definition) is 1. The third-order valence-corrected chi connectivity index (χ3v) is 4.08. The Morgan fingerprint density at radius 3 is 2.90 bits per heavy atom. The van der Waals surface area contributed by atoms with Gasteiger partial charge in [-0.15, -0.1) is 0 Å². The molecule has 0 bridgehead atoms. The van der Waals surface area contributed by atoms with Gasteiger partial charge in [0.2, 0.25) is 0 Å². The molecule has 0 radical (unpaired) electrons. The first-order chi connectivity index (χ1) is 9.60. The summed E-state index contributed by atoms with van der Waals surface area (Å²) >= 11 is 0. The minimum absolute atomic E-state index is 0.202. The number of carbonyl (C=O) groups is 1. The van der Waals surface area contributed by atoms with Crippen molar-refractivity contribution in [1.29, 1.82) is 0 Å². The minimum atomic E-state index is -0.659. The number of rotatable bonds is 6. The van der Waals surface area contributed by atoms with Crippen molar-refractivity contribution in [3.8, 4) is 5.75 Å². The van der Waals surface area contributed by atoms with Crippen LogP contribution >= 0.6 is 0 Å². The monoisotopic (exact) mass is 277 g/mol. The van der Waals surface area contributed by atoms with Crippen LogP contribution in [0.25, 0.3) is 0 Å². The Morgan fingerprint density at radius 2 is 2.25 bits per heavy atom. The van der Waals surface area contributed by atoms with Crippen molar-refractivity contribution < 1.29 is 14.6 Å². The number of benzene rings is 1. The fourth-order valence-electron chi connectivity index (χ4n) is 2.91. The molecule has 4 heteroatoms. The number of aliphatic carboxylic acids is 1. The van der Waals surface area contributed by atoms with Gasteiger partial charge in [-0.3, -0.25) is 4.79 Å². The van der Waals surface area contributed by atoms with E-state index in [0.717, 1.165) is 31.7 Å². The summed E-state index contributed by atoms with van der Waals surface area (Å²) in [5.74, 6) is 0.284. The lowest BCUT2D eigenvalue weighted by Crippen LogP contribution is -2.24. The number of hydrogen-bond acceptors (Lipinski definition) is 3. The van der Waals surface area contributed by atoms with E-state index in [0.29, 0.717) is 6.54 Å². The zero-order chi connectivity index (χ0) is 14.5. The Balaban J connectivity index is 1.77. The fourth-order valence-corrected chi connectivity index (χ4v) is 2.91.